The maximum atomic E-state index is 5.86. The Morgan fingerprint density at radius 2 is 1.00 bits per heavy atom. The van der Waals surface area contributed by atoms with Crippen molar-refractivity contribution >= 4 is 46.4 Å². The van der Waals surface area contributed by atoms with E-state index in [0.29, 0.717) is 0 Å². The van der Waals surface area contributed by atoms with Crippen LogP contribution in [0.4, 0.5) is 0 Å². The minimum atomic E-state index is -0.181. The first-order valence-electron chi connectivity index (χ1n) is 3.19. The fraction of sp³-hybridized carbons (Fsp3) is 1.00. The van der Waals surface area contributed by atoms with Gasteiger partial charge in [-0.3, -0.25) is 0 Å². The van der Waals surface area contributed by atoms with Crippen LogP contribution in [0.25, 0.3) is 0 Å². The molecule has 0 bridgehead atoms. The second-order valence-corrected chi connectivity index (χ2v) is 4.63. The topological polar surface area (TPSA) is 0 Å². The molecule has 0 amide bonds. The maximum Gasteiger partial charge on any atom is 0.0677 e. The Kier molecular flexibility index (Phi) is 3.43. The van der Waals surface area contributed by atoms with E-state index in [0.717, 1.165) is 12.8 Å². The lowest BCUT2D eigenvalue weighted by atomic mass is 9.99. The molecule has 60 valence electrons. The van der Waals surface area contributed by atoms with Crippen molar-refractivity contribution in [3.05, 3.63) is 0 Å². The summed E-state index contributed by atoms with van der Waals surface area (Å²) in [5.74, 6) is 0. The first-order chi connectivity index (χ1) is 4.63. The summed E-state index contributed by atoms with van der Waals surface area (Å²) in [6, 6.07) is 0. The van der Waals surface area contributed by atoms with E-state index in [1.165, 1.54) is 0 Å². The summed E-state index contributed by atoms with van der Waals surface area (Å²) < 4.78 is 0. The van der Waals surface area contributed by atoms with Gasteiger partial charge in [-0.25, -0.2) is 0 Å². The quantitative estimate of drug-likeness (QED) is 0.552. The van der Waals surface area contributed by atoms with Gasteiger partial charge in [0.25, 0.3) is 0 Å². The number of rotatable bonds is 0. The van der Waals surface area contributed by atoms with Gasteiger partial charge in [0, 0.05) is 0 Å². The molecule has 0 N–H and O–H groups in total. The average Bonchev–Trinajstić information content (AvgIpc) is 1.93. The Bertz CT molecular complexity index is 102. The Morgan fingerprint density at radius 3 is 1.30 bits per heavy atom. The van der Waals surface area contributed by atoms with Crippen LogP contribution < -0.4 is 0 Å². The molecule has 1 fully saturated rings. The largest absolute Gasteiger partial charge is 0.121 e. The third-order valence-corrected chi connectivity index (χ3v) is 4.23. The highest BCUT2D eigenvalue weighted by Gasteiger charge is 2.35. The van der Waals surface area contributed by atoms with Gasteiger partial charge in [0.2, 0.25) is 0 Å². The average molecular weight is 222 g/mol. The molecule has 0 aromatic heterocycles. The van der Waals surface area contributed by atoms with Gasteiger partial charge in [-0.2, -0.15) is 0 Å². The van der Waals surface area contributed by atoms with Crippen LogP contribution in [0.15, 0.2) is 0 Å². The standard InChI is InChI=1S/C6H8Cl4/c7-3-1-2-4(8)6(10)5(3)9/h3-6H,1-2H2/t3-,4+,5+,6-. The monoisotopic (exact) mass is 220 g/mol. The number of halogens is 4. The van der Waals surface area contributed by atoms with Crippen LogP contribution in [0.3, 0.4) is 0 Å². The molecule has 0 nitrogen and oxygen atoms in total. The van der Waals surface area contributed by atoms with Crippen molar-refractivity contribution in [2.24, 2.45) is 0 Å². The molecule has 1 saturated carbocycles. The second-order valence-electron chi connectivity index (χ2n) is 2.50. The van der Waals surface area contributed by atoms with Crippen molar-refractivity contribution in [3.63, 3.8) is 0 Å². The number of hydrogen-bond donors (Lipinski definition) is 0. The predicted octanol–water partition coefficient (Wildman–Crippen LogP) is 3.21. The summed E-state index contributed by atoms with van der Waals surface area (Å²) in [5, 5.41) is -0.391. The lowest BCUT2D eigenvalue weighted by molar-refractivity contribution is 0.531. The molecule has 0 aliphatic heterocycles. The Balaban J connectivity index is 2.52. The summed E-state index contributed by atoms with van der Waals surface area (Å²) in [7, 11) is 0. The number of hydrogen-bond acceptors (Lipinski definition) is 0. The molecule has 1 aliphatic carbocycles. The predicted molar refractivity (Wildman–Crippen MR) is 47.8 cm³/mol. The molecule has 0 saturated heterocycles. The molecule has 0 heterocycles. The van der Waals surface area contributed by atoms with Gasteiger partial charge in [-0.05, 0) is 12.8 Å². The van der Waals surface area contributed by atoms with Gasteiger partial charge in [-0.15, -0.1) is 46.4 Å². The van der Waals surface area contributed by atoms with Crippen molar-refractivity contribution in [2.75, 3.05) is 0 Å². The van der Waals surface area contributed by atoms with E-state index < -0.39 is 0 Å². The SMILES string of the molecule is Cl[C@@H]1[C@H](Cl)[C@@H](Cl)CC[C@H]1Cl. The molecule has 4 atom stereocenters. The van der Waals surface area contributed by atoms with E-state index in [1.807, 2.05) is 0 Å². The minimum Gasteiger partial charge on any atom is -0.121 e. The van der Waals surface area contributed by atoms with Crippen molar-refractivity contribution < 1.29 is 0 Å². The summed E-state index contributed by atoms with van der Waals surface area (Å²) in [6.07, 6.45) is 1.74. The van der Waals surface area contributed by atoms with E-state index in [9.17, 15) is 0 Å². The molecule has 0 unspecified atom stereocenters. The molecule has 1 rings (SSSR count). The highest BCUT2D eigenvalue weighted by molar-refractivity contribution is 6.38. The van der Waals surface area contributed by atoms with Gasteiger partial charge in [0.15, 0.2) is 0 Å². The fourth-order valence-corrected chi connectivity index (χ4v) is 2.35. The van der Waals surface area contributed by atoms with E-state index in [-0.39, 0.29) is 21.5 Å². The molecular formula is C6H8Cl4. The molecule has 0 radical (unpaired) electrons. The highest BCUT2D eigenvalue weighted by Crippen LogP contribution is 2.34. The third-order valence-electron chi connectivity index (χ3n) is 1.71. The van der Waals surface area contributed by atoms with Crippen molar-refractivity contribution in [3.8, 4) is 0 Å². The van der Waals surface area contributed by atoms with E-state index in [2.05, 4.69) is 0 Å². The van der Waals surface area contributed by atoms with E-state index >= 15 is 0 Å². The Hall–Kier alpha value is 1.16. The highest BCUT2D eigenvalue weighted by atomic mass is 35.5. The Labute approximate surface area is 80.8 Å². The first kappa shape index (κ1) is 9.25. The van der Waals surface area contributed by atoms with Gasteiger partial charge in [0.05, 0.1) is 21.5 Å². The van der Waals surface area contributed by atoms with Gasteiger partial charge < -0.3 is 0 Å². The molecule has 1 aliphatic rings. The molecule has 0 spiro atoms. The molecule has 0 aromatic carbocycles. The maximum absolute atomic E-state index is 5.86. The fourth-order valence-electron chi connectivity index (χ4n) is 1.04. The zero-order valence-electron chi connectivity index (χ0n) is 5.24. The zero-order chi connectivity index (χ0) is 7.72. The summed E-state index contributed by atoms with van der Waals surface area (Å²) in [6.45, 7) is 0. The summed E-state index contributed by atoms with van der Waals surface area (Å²) in [5.41, 5.74) is 0. The summed E-state index contributed by atoms with van der Waals surface area (Å²) >= 11 is 23.4. The molecule has 0 aromatic rings. The van der Waals surface area contributed by atoms with Crippen LogP contribution in [0.5, 0.6) is 0 Å². The van der Waals surface area contributed by atoms with Crippen LogP contribution in [0.1, 0.15) is 12.8 Å². The van der Waals surface area contributed by atoms with Gasteiger partial charge >= 0.3 is 0 Å². The van der Waals surface area contributed by atoms with Crippen molar-refractivity contribution in [1.29, 1.82) is 0 Å². The zero-order valence-corrected chi connectivity index (χ0v) is 8.26. The summed E-state index contributed by atoms with van der Waals surface area (Å²) in [4.78, 5) is 0. The van der Waals surface area contributed by atoms with Crippen molar-refractivity contribution in [1.82, 2.24) is 0 Å². The van der Waals surface area contributed by atoms with E-state index in [4.69, 9.17) is 46.4 Å². The smallest absolute Gasteiger partial charge is 0.0677 e. The van der Waals surface area contributed by atoms with Crippen LogP contribution in [0, 0.1) is 0 Å². The third kappa shape index (κ3) is 1.85. The lowest BCUT2D eigenvalue weighted by Gasteiger charge is -2.30. The van der Waals surface area contributed by atoms with Crippen molar-refractivity contribution in [2.45, 2.75) is 34.3 Å². The molecule has 4 heteroatoms. The van der Waals surface area contributed by atoms with Gasteiger partial charge in [0.1, 0.15) is 0 Å². The lowest BCUT2D eigenvalue weighted by Crippen LogP contribution is -2.37. The minimum absolute atomic E-state index is 0.0147. The van der Waals surface area contributed by atoms with Crippen LogP contribution in [-0.4, -0.2) is 21.5 Å². The van der Waals surface area contributed by atoms with Crippen LogP contribution in [-0.2, 0) is 0 Å². The Morgan fingerprint density at radius 1 is 0.700 bits per heavy atom. The number of alkyl halides is 4. The van der Waals surface area contributed by atoms with Crippen LogP contribution in [0.2, 0.25) is 0 Å². The molecular weight excluding hydrogens is 214 g/mol. The van der Waals surface area contributed by atoms with E-state index in [1.54, 1.807) is 0 Å². The first-order valence-corrected chi connectivity index (χ1v) is 4.94. The normalized spacial score (nSPS) is 49.2. The van der Waals surface area contributed by atoms with Crippen LogP contribution >= 0.6 is 46.4 Å². The van der Waals surface area contributed by atoms with Gasteiger partial charge in [-0.1, -0.05) is 0 Å². The molecule has 10 heavy (non-hydrogen) atoms. The second kappa shape index (κ2) is 3.71.